The number of hydrogen-bond acceptors (Lipinski definition) is 7. The molecule has 0 aliphatic rings. The van der Waals surface area contributed by atoms with Crippen LogP contribution in [0.2, 0.25) is 0 Å². The van der Waals surface area contributed by atoms with Crippen LogP contribution in [0.1, 0.15) is 45.5 Å². The molecule has 0 fully saturated rings. The van der Waals surface area contributed by atoms with Gasteiger partial charge in [-0.3, -0.25) is 14.9 Å². The minimum atomic E-state index is -0.786. The number of rotatable bonds is 8. The Balaban J connectivity index is 1.82. The smallest absolute Gasteiger partial charge is 0.341 e. The maximum atomic E-state index is 12.8. The average Bonchev–Trinajstić information content (AvgIpc) is 2.85. The van der Waals surface area contributed by atoms with E-state index < -0.39 is 10.9 Å². The number of nitriles is 1. The summed E-state index contributed by atoms with van der Waals surface area (Å²) in [6, 6.07) is 19.2. The van der Waals surface area contributed by atoms with Crippen molar-refractivity contribution >= 4 is 23.3 Å². The van der Waals surface area contributed by atoms with Crippen LogP contribution < -0.4 is 10.1 Å². The molecule has 0 aromatic heterocycles. The molecule has 0 bridgehead atoms. The molecule has 1 unspecified atom stereocenters. The summed E-state index contributed by atoms with van der Waals surface area (Å²) in [5.41, 5.74) is 1.22. The van der Waals surface area contributed by atoms with E-state index in [-0.39, 0.29) is 28.8 Å². The van der Waals surface area contributed by atoms with E-state index in [1.54, 1.807) is 42.5 Å². The summed E-state index contributed by atoms with van der Waals surface area (Å²) in [6.07, 6.45) is 0.636. The van der Waals surface area contributed by atoms with E-state index in [2.05, 4.69) is 11.4 Å². The molecule has 0 aliphatic carbocycles. The molecule has 0 saturated heterocycles. The first-order chi connectivity index (χ1) is 16.4. The summed E-state index contributed by atoms with van der Waals surface area (Å²) in [4.78, 5) is 35.3. The lowest BCUT2D eigenvalue weighted by Crippen LogP contribution is -2.12. The summed E-state index contributed by atoms with van der Waals surface area (Å²) < 4.78 is 10.5. The SMILES string of the molecule is CCC(C#N)c1cccc(C(=O)Nc2cccc(Oc3ccc([N+](=O)[O-])cc3C(=O)OC)c2)c1. The third kappa shape index (κ3) is 5.55. The Hall–Kier alpha value is -4.71. The van der Waals surface area contributed by atoms with E-state index in [0.717, 1.165) is 18.7 Å². The Morgan fingerprint density at radius 3 is 2.56 bits per heavy atom. The Morgan fingerprint density at radius 2 is 1.88 bits per heavy atom. The number of esters is 1. The number of carbonyl (C=O) groups is 2. The van der Waals surface area contributed by atoms with Crippen molar-refractivity contribution in [2.75, 3.05) is 12.4 Å². The van der Waals surface area contributed by atoms with Gasteiger partial charge in [0.05, 0.1) is 24.0 Å². The van der Waals surface area contributed by atoms with Gasteiger partial charge >= 0.3 is 5.97 Å². The zero-order valence-corrected chi connectivity index (χ0v) is 18.5. The van der Waals surface area contributed by atoms with Gasteiger partial charge in [-0.05, 0) is 42.3 Å². The minimum Gasteiger partial charge on any atom is -0.465 e. The molecular formula is C25H21N3O6. The molecule has 3 aromatic rings. The van der Waals surface area contributed by atoms with Gasteiger partial charge in [-0.15, -0.1) is 0 Å². The van der Waals surface area contributed by atoms with E-state index in [4.69, 9.17) is 9.47 Å². The molecule has 9 heteroatoms. The summed E-state index contributed by atoms with van der Waals surface area (Å²) in [6.45, 7) is 1.91. The highest BCUT2D eigenvalue weighted by Gasteiger charge is 2.19. The van der Waals surface area contributed by atoms with Crippen molar-refractivity contribution in [3.8, 4) is 17.6 Å². The molecule has 0 radical (unpaired) electrons. The van der Waals surface area contributed by atoms with Crippen LogP contribution in [-0.2, 0) is 4.74 Å². The highest BCUT2D eigenvalue weighted by molar-refractivity contribution is 6.04. The van der Waals surface area contributed by atoms with Crippen LogP contribution in [-0.4, -0.2) is 23.9 Å². The molecule has 34 heavy (non-hydrogen) atoms. The number of non-ortho nitro benzene ring substituents is 1. The zero-order chi connectivity index (χ0) is 24.7. The summed E-state index contributed by atoms with van der Waals surface area (Å²) in [5.74, 6) is -1.09. The van der Waals surface area contributed by atoms with Gasteiger partial charge in [-0.2, -0.15) is 5.26 Å². The number of benzene rings is 3. The van der Waals surface area contributed by atoms with E-state index in [1.165, 1.54) is 12.1 Å². The van der Waals surface area contributed by atoms with Gasteiger partial charge in [0.1, 0.15) is 17.1 Å². The van der Waals surface area contributed by atoms with Crippen LogP contribution in [0.15, 0.2) is 66.7 Å². The van der Waals surface area contributed by atoms with Gasteiger partial charge in [-0.25, -0.2) is 4.79 Å². The largest absolute Gasteiger partial charge is 0.465 e. The second-order valence-corrected chi connectivity index (χ2v) is 7.23. The van der Waals surface area contributed by atoms with Gasteiger partial charge in [0.25, 0.3) is 11.6 Å². The second kappa shape index (κ2) is 10.7. The number of ether oxygens (including phenoxy) is 2. The molecule has 1 N–H and O–H groups in total. The topological polar surface area (TPSA) is 132 Å². The fourth-order valence-electron chi connectivity index (χ4n) is 3.26. The number of amides is 1. The van der Waals surface area contributed by atoms with Gasteiger partial charge in [0.2, 0.25) is 0 Å². The van der Waals surface area contributed by atoms with E-state index in [1.807, 2.05) is 13.0 Å². The van der Waals surface area contributed by atoms with E-state index in [9.17, 15) is 25.0 Å². The molecule has 0 saturated carbocycles. The fraction of sp³-hybridized carbons (Fsp3) is 0.160. The van der Waals surface area contributed by atoms with Crippen LogP contribution in [0.25, 0.3) is 0 Å². The molecule has 172 valence electrons. The number of nitro benzene ring substituents is 1. The molecule has 3 rings (SSSR count). The van der Waals surface area contributed by atoms with Crippen molar-refractivity contribution in [1.29, 1.82) is 5.26 Å². The van der Waals surface area contributed by atoms with Crippen molar-refractivity contribution in [1.82, 2.24) is 0 Å². The predicted molar refractivity (Wildman–Crippen MR) is 124 cm³/mol. The van der Waals surface area contributed by atoms with Crippen molar-refractivity contribution < 1.29 is 24.0 Å². The molecule has 0 heterocycles. The molecular weight excluding hydrogens is 438 g/mol. The van der Waals surface area contributed by atoms with Crippen LogP contribution in [0, 0.1) is 21.4 Å². The summed E-state index contributed by atoms with van der Waals surface area (Å²) in [7, 11) is 1.16. The molecule has 9 nitrogen and oxygen atoms in total. The summed E-state index contributed by atoms with van der Waals surface area (Å²) >= 11 is 0. The van der Waals surface area contributed by atoms with Gasteiger partial charge in [-0.1, -0.05) is 25.1 Å². The first kappa shape index (κ1) is 23.9. The number of nitrogens with zero attached hydrogens (tertiary/aromatic N) is 2. The van der Waals surface area contributed by atoms with E-state index in [0.29, 0.717) is 23.4 Å². The van der Waals surface area contributed by atoms with Gasteiger partial charge < -0.3 is 14.8 Å². The van der Waals surface area contributed by atoms with Crippen LogP contribution in [0.5, 0.6) is 11.5 Å². The number of methoxy groups -OCH3 is 1. The number of anilines is 1. The molecule has 1 amide bonds. The third-order valence-corrected chi connectivity index (χ3v) is 5.01. The Bertz CT molecular complexity index is 1280. The maximum Gasteiger partial charge on any atom is 0.341 e. The zero-order valence-electron chi connectivity index (χ0n) is 18.5. The second-order valence-electron chi connectivity index (χ2n) is 7.23. The van der Waals surface area contributed by atoms with Crippen molar-refractivity contribution in [2.45, 2.75) is 19.3 Å². The molecule has 0 spiro atoms. The fourth-order valence-corrected chi connectivity index (χ4v) is 3.26. The minimum absolute atomic E-state index is 0.0655. The number of hydrogen-bond donors (Lipinski definition) is 1. The first-order valence-electron chi connectivity index (χ1n) is 10.3. The Labute approximate surface area is 195 Å². The molecule has 0 aliphatic heterocycles. The van der Waals surface area contributed by atoms with Crippen LogP contribution in [0.3, 0.4) is 0 Å². The monoisotopic (exact) mass is 459 g/mol. The molecule has 1 atom stereocenters. The third-order valence-electron chi connectivity index (χ3n) is 5.01. The number of nitro groups is 1. The quantitative estimate of drug-likeness (QED) is 0.269. The van der Waals surface area contributed by atoms with E-state index >= 15 is 0 Å². The highest BCUT2D eigenvalue weighted by atomic mass is 16.6. The number of nitrogens with one attached hydrogen (secondary N) is 1. The standard InChI is InChI=1S/C25H21N3O6/c1-3-16(15-26)17-6-4-7-18(12-17)24(29)27-19-8-5-9-21(13-19)34-23-11-10-20(28(31)32)14-22(23)25(30)33-2/h4-14,16H,3H2,1-2H3,(H,27,29). The Morgan fingerprint density at radius 1 is 1.12 bits per heavy atom. The van der Waals surface area contributed by atoms with Gasteiger partial charge in [0.15, 0.2) is 0 Å². The maximum absolute atomic E-state index is 12.8. The van der Waals surface area contributed by atoms with Crippen LogP contribution in [0.4, 0.5) is 11.4 Å². The normalized spacial score (nSPS) is 11.1. The molecule has 3 aromatic carbocycles. The van der Waals surface area contributed by atoms with Crippen molar-refractivity contribution in [2.24, 2.45) is 0 Å². The first-order valence-corrected chi connectivity index (χ1v) is 10.3. The highest BCUT2D eigenvalue weighted by Crippen LogP contribution is 2.31. The van der Waals surface area contributed by atoms with Crippen molar-refractivity contribution in [3.63, 3.8) is 0 Å². The lowest BCUT2D eigenvalue weighted by molar-refractivity contribution is -0.384. The number of carbonyl (C=O) groups excluding carboxylic acids is 2. The Kier molecular flexibility index (Phi) is 7.56. The van der Waals surface area contributed by atoms with Crippen molar-refractivity contribution in [3.05, 3.63) is 93.5 Å². The lowest BCUT2D eigenvalue weighted by Gasteiger charge is -2.12. The van der Waals surface area contributed by atoms with Gasteiger partial charge in [0, 0.05) is 29.4 Å². The average molecular weight is 459 g/mol. The predicted octanol–water partition coefficient (Wildman–Crippen LogP) is 5.44. The van der Waals surface area contributed by atoms with Crippen LogP contribution >= 0.6 is 0 Å². The summed E-state index contributed by atoms with van der Waals surface area (Å²) in [5, 5.41) is 23.1. The lowest BCUT2D eigenvalue weighted by atomic mass is 9.96.